The molecule has 1 unspecified atom stereocenters. The van der Waals surface area contributed by atoms with Gasteiger partial charge in [0.15, 0.2) is 5.82 Å². The van der Waals surface area contributed by atoms with Crippen molar-refractivity contribution in [3.05, 3.63) is 77.5 Å². The Morgan fingerprint density at radius 2 is 2.00 bits per heavy atom. The second-order valence-corrected chi connectivity index (χ2v) is 9.15. The quantitative estimate of drug-likeness (QED) is 0.563. The zero-order chi connectivity index (χ0) is 24.3. The van der Waals surface area contributed by atoms with Crippen molar-refractivity contribution >= 4 is 11.7 Å². The van der Waals surface area contributed by atoms with Gasteiger partial charge in [-0.25, -0.2) is 4.39 Å². The van der Waals surface area contributed by atoms with Gasteiger partial charge in [0.25, 0.3) is 0 Å². The zero-order valence-electron chi connectivity index (χ0n) is 19.4. The number of fused-ring (bicyclic) bond motifs is 1. The van der Waals surface area contributed by atoms with Crippen LogP contribution in [0.3, 0.4) is 0 Å². The molecule has 2 aliphatic heterocycles. The first-order valence-electron chi connectivity index (χ1n) is 11.9. The number of carbonyl (C=O) groups is 1. The molecule has 0 bridgehead atoms. The molecule has 1 saturated heterocycles. The monoisotopic (exact) mass is 477 g/mol. The van der Waals surface area contributed by atoms with Crippen molar-refractivity contribution in [2.45, 2.75) is 43.8 Å². The molecule has 3 aromatic rings. The van der Waals surface area contributed by atoms with Crippen LogP contribution in [0.1, 0.15) is 42.2 Å². The fourth-order valence-electron chi connectivity index (χ4n) is 4.75. The summed E-state index contributed by atoms with van der Waals surface area (Å²) in [5, 5.41) is 21.4. The summed E-state index contributed by atoms with van der Waals surface area (Å²) in [5.41, 5.74) is 1.63. The van der Waals surface area contributed by atoms with Crippen LogP contribution in [0.5, 0.6) is 5.75 Å². The number of piperidine rings is 1. The second kappa shape index (κ2) is 9.95. The average molecular weight is 478 g/mol. The van der Waals surface area contributed by atoms with Gasteiger partial charge in [0, 0.05) is 56.0 Å². The van der Waals surface area contributed by atoms with E-state index < -0.39 is 6.10 Å². The number of anilines is 1. The van der Waals surface area contributed by atoms with E-state index in [1.54, 1.807) is 36.7 Å². The fourth-order valence-corrected chi connectivity index (χ4v) is 4.75. The van der Waals surface area contributed by atoms with Crippen LogP contribution in [0, 0.1) is 5.82 Å². The molecule has 35 heavy (non-hydrogen) atoms. The summed E-state index contributed by atoms with van der Waals surface area (Å²) in [6, 6.07) is 12.2. The van der Waals surface area contributed by atoms with Crippen molar-refractivity contribution in [3.8, 4) is 5.75 Å². The van der Waals surface area contributed by atoms with Crippen LogP contribution in [0.2, 0.25) is 0 Å². The molecule has 4 heterocycles. The third-order valence-corrected chi connectivity index (χ3v) is 6.84. The summed E-state index contributed by atoms with van der Waals surface area (Å²) < 4.78 is 20.3. The molecule has 9 heteroatoms. The van der Waals surface area contributed by atoms with E-state index in [4.69, 9.17) is 4.74 Å². The first-order valence-corrected chi connectivity index (χ1v) is 11.9. The van der Waals surface area contributed by atoms with Gasteiger partial charge in [0.2, 0.25) is 5.91 Å². The molecule has 0 radical (unpaired) electrons. The Hall–Kier alpha value is -3.59. The normalized spacial score (nSPS) is 17.4. The van der Waals surface area contributed by atoms with E-state index in [1.165, 1.54) is 6.07 Å². The molecule has 1 spiro atoms. The third kappa shape index (κ3) is 5.24. The topological polar surface area (TPSA) is 100 Å². The SMILES string of the molecule is O=C(Cc1ccc(N2CCC3(CCc4c(F)cccc4O3)CC2)nn1)NCC(O)c1cccnc1. The first-order chi connectivity index (χ1) is 17.0. The van der Waals surface area contributed by atoms with Crippen molar-refractivity contribution in [3.63, 3.8) is 0 Å². The Kier molecular flexibility index (Phi) is 6.59. The van der Waals surface area contributed by atoms with E-state index >= 15 is 0 Å². The van der Waals surface area contributed by atoms with Gasteiger partial charge in [0.1, 0.15) is 17.2 Å². The zero-order valence-corrected chi connectivity index (χ0v) is 19.4. The highest BCUT2D eigenvalue weighted by Crippen LogP contribution is 2.40. The number of aliphatic hydroxyl groups is 1. The van der Waals surface area contributed by atoms with Gasteiger partial charge in [-0.15, -0.1) is 5.10 Å². The van der Waals surface area contributed by atoms with E-state index in [9.17, 15) is 14.3 Å². The lowest BCUT2D eigenvalue weighted by molar-refractivity contribution is -0.121. The highest BCUT2D eigenvalue weighted by atomic mass is 19.1. The molecule has 1 aromatic carbocycles. The minimum Gasteiger partial charge on any atom is -0.487 e. The van der Waals surface area contributed by atoms with Crippen molar-refractivity contribution in [1.82, 2.24) is 20.5 Å². The highest BCUT2D eigenvalue weighted by molar-refractivity contribution is 5.78. The molecular weight excluding hydrogens is 449 g/mol. The van der Waals surface area contributed by atoms with Crippen LogP contribution >= 0.6 is 0 Å². The Balaban J connectivity index is 1.11. The summed E-state index contributed by atoms with van der Waals surface area (Å²) in [7, 11) is 0. The van der Waals surface area contributed by atoms with E-state index in [1.807, 2.05) is 12.1 Å². The van der Waals surface area contributed by atoms with Crippen molar-refractivity contribution in [2.75, 3.05) is 24.5 Å². The van der Waals surface area contributed by atoms with Crippen LogP contribution in [-0.4, -0.2) is 51.4 Å². The van der Waals surface area contributed by atoms with Crippen LogP contribution < -0.4 is 15.0 Å². The number of nitrogens with zero attached hydrogens (tertiary/aromatic N) is 4. The van der Waals surface area contributed by atoms with Crippen LogP contribution in [-0.2, 0) is 17.6 Å². The predicted octanol–water partition coefficient (Wildman–Crippen LogP) is 2.77. The summed E-state index contributed by atoms with van der Waals surface area (Å²) in [5.74, 6) is 1.00. The molecule has 1 fully saturated rings. The summed E-state index contributed by atoms with van der Waals surface area (Å²) >= 11 is 0. The molecule has 1 atom stereocenters. The summed E-state index contributed by atoms with van der Waals surface area (Å²) in [6.07, 6.45) is 5.63. The summed E-state index contributed by atoms with van der Waals surface area (Å²) in [4.78, 5) is 18.4. The number of pyridine rings is 1. The third-order valence-electron chi connectivity index (χ3n) is 6.84. The molecule has 2 aliphatic rings. The standard InChI is InChI=1S/C26H28FN5O3/c27-21-4-1-5-23-20(21)8-9-26(35-23)10-13-32(14-11-26)24-7-6-19(30-31-24)15-25(34)29-17-22(33)18-3-2-12-28-16-18/h1-7,12,16,22,33H,8-11,13-15,17H2,(H,29,34). The van der Waals surface area contributed by atoms with Crippen molar-refractivity contribution in [1.29, 1.82) is 0 Å². The largest absolute Gasteiger partial charge is 0.487 e. The Morgan fingerprint density at radius 3 is 2.74 bits per heavy atom. The minimum atomic E-state index is -0.816. The lowest BCUT2D eigenvalue weighted by atomic mass is 9.83. The van der Waals surface area contributed by atoms with Gasteiger partial charge in [-0.1, -0.05) is 12.1 Å². The van der Waals surface area contributed by atoms with Gasteiger partial charge in [0.05, 0.1) is 18.2 Å². The molecule has 5 rings (SSSR count). The maximum Gasteiger partial charge on any atom is 0.226 e. The predicted molar refractivity (Wildman–Crippen MR) is 127 cm³/mol. The second-order valence-electron chi connectivity index (χ2n) is 9.15. The molecule has 1 amide bonds. The van der Waals surface area contributed by atoms with Crippen molar-refractivity contribution < 1.29 is 19.0 Å². The molecule has 0 aliphatic carbocycles. The molecule has 8 nitrogen and oxygen atoms in total. The number of ether oxygens (including phenoxy) is 1. The van der Waals surface area contributed by atoms with Gasteiger partial charge < -0.3 is 20.1 Å². The average Bonchev–Trinajstić information content (AvgIpc) is 2.89. The maximum atomic E-state index is 14.0. The maximum absolute atomic E-state index is 14.0. The lowest BCUT2D eigenvalue weighted by Gasteiger charge is -2.44. The number of amides is 1. The number of nitrogens with one attached hydrogen (secondary N) is 1. The summed E-state index contributed by atoms with van der Waals surface area (Å²) in [6.45, 7) is 1.64. The number of carbonyl (C=O) groups excluding carboxylic acids is 1. The number of aliphatic hydroxyl groups excluding tert-OH is 1. The number of rotatable bonds is 6. The molecule has 182 valence electrons. The molecule has 2 aromatic heterocycles. The molecule has 2 N–H and O–H groups in total. The van der Waals surface area contributed by atoms with Crippen LogP contribution in [0.4, 0.5) is 10.2 Å². The smallest absolute Gasteiger partial charge is 0.226 e. The fraction of sp³-hybridized carbons (Fsp3) is 0.385. The van der Waals surface area contributed by atoms with E-state index in [-0.39, 0.29) is 30.3 Å². The molecule has 0 saturated carbocycles. The number of benzene rings is 1. The van der Waals surface area contributed by atoms with Gasteiger partial charge in [-0.2, -0.15) is 5.10 Å². The Bertz CT molecular complexity index is 1170. The number of hydrogen-bond donors (Lipinski definition) is 2. The first kappa shape index (κ1) is 23.2. The van der Waals surface area contributed by atoms with Gasteiger partial charge in [-0.05, 0) is 43.2 Å². The van der Waals surface area contributed by atoms with Gasteiger partial charge in [-0.3, -0.25) is 9.78 Å². The number of hydrogen-bond acceptors (Lipinski definition) is 7. The van der Waals surface area contributed by atoms with E-state index in [0.29, 0.717) is 29.0 Å². The van der Waals surface area contributed by atoms with E-state index in [2.05, 4.69) is 25.4 Å². The Labute approximate surface area is 203 Å². The number of halogens is 1. The minimum absolute atomic E-state index is 0.0833. The van der Waals surface area contributed by atoms with Crippen LogP contribution in [0.25, 0.3) is 0 Å². The van der Waals surface area contributed by atoms with Crippen LogP contribution in [0.15, 0.2) is 54.9 Å². The number of aromatic nitrogens is 3. The van der Waals surface area contributed by atoms with Gasteiger partial charge >= 0.3 is 0 Å². The highest BCUT2D eigenvalue weighted by Gasteiger charge is 2.40. The molecular formula is C26H28FN5O3. The van der Waals surface area contributed by atoms with E-state index in [0.717, 1.165) is 38.2 Å². The Morgan fingerprint density at radius 1 is 1.14 bits per heavy atom. The van der Waals surface area contributed by atoms with Crippen molar-refractivity contribution in [2.24, 2.45) is 0 Å². The lowest BCUT2D eigenvalue weighted by Crippen LogP contribution is -2.50.